The molecule has 0 aliphatic heterocycles. The molecule has 7 heteroatoms. The third kappa shape index (κ3) is 13.4. The van der Waals surface area contributed by atoms with Crippen molar-refractivity contribution >= 4 is 5.78 Å². The Hall–Kier alpha value is -0.570. The number of unbranched alkanes of at least 4 members (excludes halogenated alkanes) is 12. The summed E-state index contributed by atoms with van der Waals surface area (Å²) in [6, 6.07) is 0. The Labute approximate surface area is 176 Å². The van der Waals surface area contributed by atoms with Crippen LogP contribution in [0.15, 0.2) is 0 Å². The maximum Gasteiger partial charge on any atom is 0.164 e. The van der Waals surface area contributed by atoms with Crippen LogP contribution in [0.2, 0.25) is 0 Å². The second kappa shape index (κ2) is 18.2. The lowest BCUT2D eigenvalue weighted by Crippen LogP contribution is -2.52. The summed E-state index contributed by atoms with van der Waals surface area (Å²) in [4.78, 5) is 12.0. The first kappa shape index (κ1) is 28.4. The zero-order valence-electron chi connectivity index (χ0n) is 18.2. The first-order valence-corrected chi connectivity index (χ1v) is 11.5. The lowest BCUT2D eigenvalue weighted by molar-refractivity contribution is -0.152. The summed E-state index contributed by atoms with van der Waals surface area (Å²) in [7, 11) is 0. The molecule has 174 valence electrons. The molecule has 0 aromatic carbocycles. The van der Waals surface area contributed by atoms with Crippen molar-refractivity contribution in [1.82, 2.24) is 0 Å². The first-order chi connectivity index (χ1) is 13.9. The molecule has 29 heavy (non-hydrogen) atoms. The van der Waals surface area contributed by atoms with E-state index in [9.17, 15) is 30.3 Å². The molecule has 0 amide bonds. The van der Waals surface area contributed by atoms with Crippen molar-refractivity contribution in [1.29, 1.82) is 0 Å². The third-order valence-electron chi connectivity index (χ3n) is 5.52. The lowest BCUT2D eigenvalue weighted by Gasteiger charge is -2.28. The van der Waals surface area contributed by atoms with Gasteiger partial charge in [-0.15, -0.1) is 0 Å². The zero-order valence-corrected chi connectivity index (χ0v) is 18.2. The molecule has 0 rings (SSSR count). The van der Waals surface area contributed by atoms with Gasteiger partial charge in [0.1, 0.15) is 24.4 Å². The van der Waals surface area contributed by atoms with Crippen molar-refractivity contribution in [3.05, 3.63) is 0 Å². The summed E-state index contributed by atoms with van der Waals surface area (Å²) < 4.78 is 0. The van der Waals surface area contributed by atoms with Crippen LogP contribution < -0.4 is 5.73 Å². The molecule has 0 fully saturated rings. The van der Waals surface area contributed by atoms with Gasteiger partial charge in [-0.05, 0) is 6.42 Å². The van der Waals surface area contributed by atoms with Gasteiger partial charge in [0.05, 0.1) is 6.10 Å². The quantitative estimate of drug-likeness (QED) is 0.165. The molecule has 0 bridgehead atoms. The Morgan fingerprint density at radius 3 is 1.48 bits per heavy atom. The fourth-order valence-electron chi connectivity index (χ4n) is 3.41. The summed E-state index contributed by atoms with van der Waals surface area (Å²) in [5, 5.41) is 48.5. The molecule has 0 saturated carbocycles. The highest BCUT2D eigenvalue weighted by atomic mass is 16.4. The van der Waals surface area contributed by atoms with Crippen LogP contribution in [0.5, 0.6) is 0 Å². The number of rotatable bonds is 20. The second-order valence-corrected chi connectivity index (χ2v) is 8.18. The van der Waals surface area contributed by atoms with E-state index in [1.54, 1.807) is 0 Å². The van der Waals surface area contributed by atoms with Crippen LogP contribution in [0.25, 0.3) is 0 Å². The SMILES string of the molecule is CCCCCCCCCCCCCCCC(=O)C(O)C(O)C(O)C(O)C(O)CN. The minimum atomic E-state index is -1.86. The van der Waals surface area contributed by atoms with Crippen LogP contribution in [-0.4, -0.2) is 68.4 Å². The largest absolute Gasteiger partial charge is 0.389 e. The summed E-state index contributed by atoms with van der Waals surface area (Å²) in [6.07, 6.45) is 6.86. The van der Waals surface area contributed by atoms with Crippen molar-refractivity contribution < 1.29 is 30.3 Å². The smallest absolute Gasteiger partial charge is 0.164 e. The van der Waals surface area contributed by atoms with Gasteiger partial charge in [-0.2, -0.15) is 0 Å². The van der Waals surface area contributed by atoms with Gasteiger partial charge in [0.15, 0.2) is 5.78 Å². The molecule has 5 unspecified atom stereocenters. The van der Waals surface area contributed by atoms with Crippen LogP contribution in [0.3, 0.4) is 0 Å². The highest BCUT2D eigenvalue weighted by Crippen LogP contribution is 2.15. The van der Waals surface area contributed by atoms with E-state index in [4.69, 9.17) is 5.73 Å². The average molecular weight is 420 g/mol. The maximum atomic E-state index is 12.0. The van der Waals surface area contributed by atoms with E-state index >= 15 is 0 Å². The standard InChI is InChI=1S/C22H45NO6/c1-2-3-4-5-6-7-8-9-10-11-12-13-14-15-17(24)19(26)21(28)22(29)20(27)18(25)16-23/h18-22,25-29H,2-16,23H2,1H3. The molecule has 7 nitrogen and oxygen atoms in total. The van der Waals surface area contributed by atoms with E-state index < -0.39 is 36.3 Å². The van der Waals surface area contributed by atoms with Crippen LogP contribution in [0, 0.1) is 0 Å². The highest BCUT2D eigenvalue weighted by Gasteiger charge is 2.36. The predicted molar refractivity (Wildman–Crippen MR) is 114 cm³/mol. The van der Waals surface area contributed by atoms with Crippen molar-refractivity contribution in [2.75, 3.05) is 6.54 Å². The van der Waals surface area contributed by atoms with E-state index in [0.29, 0.717) is 6.42 Å². The van der Waals surface area contributed by atoms with Gasteiger partial charge in [-0.25, -0.2) is 0 Å². The van der Waals surface area contributed by atoms with Crippen molar-refractivity contribution in [2.45, 2.75) is 127 Å². The Bertz CT molecular complexity index is 395. The fraction of sp³-hybridized carbons (Fsp3) is 0.955. The van der Waals surface area contributed by atoms with Gasteiger partial charge in [-0.3, -0.25) is 4.79 Å². The summed E-state index contributed by atoms with van der Waals surface area (Å²) in [5.41, 5.74) is 5.18. The lowest BCUT2D eigenvalue weighted by atomic mass is 9.95. The van der Waals surface area contributed by atoms with Crippen molar-refractivity contribution in [3.8, 4) is 0 Å². The minimum absolute atomic E-state index is 0.109. The Morgan fingerprint density at radius 2 is 1.07 bits per heavy atom. The van der Waals surface area contributed by atoms with Crippen LogP contribution in [0.4, 0.5) is 0 Å². The molecule has 0 aromatic rings. The molecule has 0 aromatic heterocycles. The number of aliphatic hydroxyl groups excluding tert-OH is 5. The minimum Gasteiger partial charge on any atom is -0.389 e. The normalized spacial score (nSPS) is 16.9. The first-order valence-electron chi connectivity index (χ1n) is 11.5. The number of Topliss-reactive ketones (excluding diaryl/α,β-unsaturated/α-hetero) is 1. The third-order valence-corrected chi connectivity index (χ3v) is 5.52. The number of nitrogens with two attached hydrogens (primary N) is 1. The van der Waals surface area contributed by atoms with E-state index in [1.165, 1.54) is 57.8 Å². The Kier molecular flexibility index (Phi) is 17.9. The Morgan fingerprint density at radius 1 is 0.655 bits per heavy atom. The van der Waals surface area contributed by atoms with Crippen LogP contribution >= 0.6 is 0 Å². The molecule has 0 aliphatic rings. The predicted octanol–water partition coefficient (Wildman–Crippen LogP) is 1.80. The van der Waals surface area contributed by atoms with Crippen molar-refractivity contribution in [2.24, 2.45) is 5.73 Å². The fourth-order valence-corrected chi connectivity index (χ4v) is 3.41. The second-order valence-electron chi connectivity index (χ2n) is 8.18. The topological polar surface area (TPSA) is 144 Å². The van der Waals surface area contributed by atoms with E-state index in [0.717, 1.165) is 19.3 Å². The highest BCUT2D eigenvalue weighted by molar-refractivity contribution is 5.83. The summed E-state index contributed by atoms with van der Waals surface area (Å²) in [5.74, 6) is -0.575. The molecular weight excluding hydrogens is 374 g/mol. The van der Waals surface area contributed by atoms with E-state index in [-0.39, 0.29) is 13.0 Å². The number of carbonyl (C=O) groups is 1. The maximum absolute atomic E-state index is 12.0. The molecular formula is C22H45NO6. The number of hydrogen-bond donors (Lipinski definition) is 6. The molecule has 0 aliphatic carbocycles. The number of hydrogen-bond acceptors (Lipinski definition) is 7. The summed E-state index contributed by atoms with van der Waals surface area (Å²) >= 11 is 0. The number of ketones is 1. The van der Waals surface area contributed by atoms with Gasteiger partial charge in [0, 0.05) is 13.0 Å². The number of aliphatic hydroxyl groups is 5. The molecule has 5 atom stereocenters. The van der Waals surface area contributed by atoms with E-state index in [2.05, 4.69) is 6.92 Å². The van der Waals surface area contributed by atoms with Crippen LogP contribution in [0.1, 0.15) is 96.8 Å². The van der Waals surface area contributed by atoms with Gasteiger partial charge in [-0.1, -0.05) is 84.0 Å². The molecule has 0 radical (unpaired) electrons. The van der Waals surface area contributed by atoms with E-state index in [1.807, 2.05) is 0 Å². The number of carbonyl (C=O) groups excluding carboxylic acids is 1. The molecule has 0 spiro atoms. The Balaban J connectivity index is 3.72. The monoisotopic (exact) mass is 419 g/mol. The summed E-state index contributed by atoms with van der Waals surface area (Å²) in [6.45, 7) is 1.92. The zero-order chi connectivity index (χ0) is 22.1. The van der Waals surface area contributed by atoms with Crippen LogP contribution in [-0.2, 0) is 4.79 Å². The molecule has 0 saturated heterocycles. The average Bonchev–Trinajstić information content (AvgIpc) is 2.73. The van der Waals surface area contributed by atoms with Gasteiger partial charge in [0.25, 0.3) is 0 Å². The molecule has 7 N–H and O–H groups in total. The van der Waals surface area contributed by atoms with Crippen molar-refractivity contribution in [3.63, 3.8) is 0 Å². The molecule has 0 heterocycles. The van der Waals surface area contributed by atoms with Gasteiger partial charge in [0.2, 0.25) is 0 Å². The van der Waals surface area contributed by atoms with Gasteiger partial charge < -0.3 is 31.3 Å². The van der Waals surface area contributed by atoms with Gasteiger partial charge >= 0.3 is 0 Å².